The summed E-state index contributed by atoms with van der Waals surface area (Å²) in [6.45, 7) is 20.6. The van der Waals surface area contributed by atoms with Crippen molar-refractivity contribution in [2.75, 3.05) is 0 Å². The van der Waals surface area contributed by atoms with Gasteiger partial charge in [0.05, 0.1) is 12.3 Å². The first-order valence-corrected chi connectivity index (χ1v) is 14.7. The Bertz CT molecular complexity index is 2070. The van der Waals surface area contributed by atoms with E-state index in [-0.39, 0.29) is 11.8 Å². The van der Waals surface area contributed by atoms with E-state index in [2.05, 4.69) is 82.8 Å². The molecular formula is C37H33N5O. The number of furan rings is 1. The van der Waals surface area contributed by atoms with Crippen LogP contribution in [-0.4, -0.2) is 14.5 Å². The van der Waals surface area contributed by atoms with Crippen LogP contribution in [0.3, 0.4) is 0 Å². The third-order valence-corrected chi connectivity index (χ3v) is 8.06. The van der Waals surface area contributed by atoms with Crippen molar-refractivity contribution in [2.45, 2.75) is 59.3 Å². The molecule has 43 heavy (non-hydrogen) atoms. The molecule has 0 atom stereocenters. The highest BCUT2D eigenvalue weighted by molar-refractivity contribution is 6.07. The number of benzene rings is 3. The van der Waals surface area contributed by atoms with Crippen LogP contribution in [-0.2, 0) is 0 Å². The van der Waals surface area contributed by atoms with Crippen LogP contribution in [0.5, 0.6) is 0 Å². The Morgan fingerprint density at radius 3 is 2.28 bits per heavy atom. The molecule has 6 aromatic rings. The monoisotopic (exact) mass is 563 g/mol. The van der Waals surface area contributed by atoms with Crippen LogP contribution in [0.4, 0.5) is 5.69 Å². The molecule has 0 aliphatic carbocycles. The highest BCUT2D eigenvalue weighted by Gasteiger charge is 2.24. The summed E-state index contributed by atoms with van der Waals surface area (Å²) in [5, 5.41) is 10.9. The lowest BCUT2D eigenvalue weighted by Gasteiger charge is -2.23. The fourth-order valence-corrected chi connectivity index (χ4v) is 5.78. The largest absolute Gasteiger partial charge is 0.454 e. The summed E-state index contributed by atoms with van der Waals surface area (Å²) in [6.07, 6.45) is 3.67. The normalized spacial score (nSPS) is 11.6. The lowest BCUT2D eigenvalue weighted by Crippen LogP contribution is -2.08. The maximum absolute atomic E-state index is 9.84. The third kappa shape index (κ3) is 4.86. The van der Waals surface area contributed by atoms with E-state index in [0.717, 1.165) is 55.6 Å². The summed E-state index contributed by atoms with van der Waals surface area (Å²) >= 11 is 0. The molecule has 212 valence electrons. The quantitative estimate of drug-likeness (QED) is 0.189. The smallest absolute Gasteiger partial charge is 0.187 e. The number of aromatic nitrogens is 3. The summed E-state index contributed by atoms with van der Waals surface area (Å²) in [6, 6.07) is 22.5. The van der Waals surface area contributed by atoms with Gasteiger partial charge in [0.25, 0.3) is 0 Å². The lowest BCUT2D eigenvalue weighted by atomic mass is 9.88. The summed E-state index contributed by atoms with van der Waals surface area (Å²) < 4.78 is 8.50. The van der Waals surface area contributed by atoms with Crippen LogP contribution in [0.15, 0.2) is 77.5 Å². The standard InChI is InChI=1S/C37H33N5O/c1-21(2)24-11-12-33-32(16-24)34-36(43-33)29(13-14-40-34)26-17-30(22(3)4)35(31(18-26)23(5)6)42-20-28(19-38)41-37(42)25-9-8-10-27(15-25)39-7/h8-18,20-23H,1-6H3. The molecule has 6 nitrogen and oxygen atoms in total. The van der Waals surface area contributed by atoms with Gasteiger partial charge in [0.1, 0.15) is 23.0 Å². The summed E-state index contributed by atoms with van der Waals surface area (Å²) in [4.78, 5) is 13.1. The molecule has 0 unspecified atom stereocenters. The van der Waals surface area contributed by atoms with E-state index in [1.165, 1.54) is 5.56 Å². The molecule has 0 N–H and O–H groups in total. The van der Waals surface area contributed by atoms with Crippen LogP contribution in [0.1, 0.15) is 81.7 Å². The minimum Gasteiger partial charge on any atom is -0.454 e. The van der Waals surface area contributed by atoms with Crippen molar-refractivity contribution in [3.63, 3.8) is 0 Å². The number of hydrogen-bond acceptors (Lipinski definition) is 4. The molecule has 6 heteroatoms. The maximum Gasteiger partial charge on any atom is 0.187 e. The Labute approximate surface area is 252 Å². The van der Waals surface area contributed by atoms with Crippen molar-refractivity contribution in [1.29, 1.82) is 5.26 Å². The van der Waals surface area contributed by atoms with Gasteiger partial charge in [0, 0.05) is 28.9 Å². The van der Waals surface area contributed by atoms with Gasteiger partial charge in [-0.3, -0.25) is 9.55 Å². The van der Waals surface area contributed by atoms with E-state index in [4.69, 9.17) is 21.0 Å². The van der Waals surface area contributed by atoms with Gasteiger partial charge in [-0.1, -0.05) is 65.8 Å². The second-order valence-electron chi connectivity index (χ2n) is 12.0. The zero-order valence-corrected chi connectivity index (χ0v) is 25.3. The molecule has 3 aromatic carbocycles. The molecule has 0 saturated heterocycles. The fraction of sp³-hybridized carbons (Fsp3) is 0.243. The van der Waals surface area contributed by atoms with E-state index in [1.54, 1.807) is 6.07 Å². The summed E-state index contributed by atoms with van der Waals surface area (Å²) in [7, 11) is 0. The first-order valence-electron chi connectivity index (χ1n) is 14.7. The Kier molecular flexibility index (Phi) is 7.08. The molecule has 6 rings (SSSR count). The molecule has 3 aromatic heterocycles. The fourth-order valence-electron chi connectivity index (χ4n) is 5.78. The third-order valence-electron chi connectivity index (χ3n) is 8.06. The number of hydrogen-bond donors (Lipinski definition) is 0. The Morgan fingerprint density at radius 2 is 1.63 bits per heavy atom. The van der Waals surface area contributed by atoms with Crippen LogP contribution >= 0.6 is 0 Å². The molecule has 0 spiro atoms. The summed E-state index contributed by atoms with van der Waals surface area (Å²) in [5.41, 5.74) is 10.7. The van der Waals surface area contributed by atoms with Gasteiger partial charge in [-0.15, -0.1) is 0 Å². The first kappa shape index (κ1) is 27.9. The highest BCUT2D eigenvalue weighted by Crippen LogP contribution is 2.41. The topological polar surface area (TPSA) is 72.0 Å². The van der Waals surface area contributed by atoms with E-state index in [9.17, 15) is 5.26 Å². The predicted molar refractivity (Wildman–Crippen MR) is 173 cm³/mol. The van der Waals surface area contributed by atoms with Crippen LogP contribution < -0.4 is 0 Å². The lowest BCUT2D eigenvalue weighted by molar-refractivity contribution is 0.668. The Morgan fingerprint density at radius 1 is 0.884 bits per heavy atom. The van der Waals surface area contributed by atoms with Gasteiger partial charge in [-0.25, -0.2) is 9.83 Å². The van der Waals surface area contributed by atoms with Crippen molar-refractivity contribution in [3.8, 4) is 34.3 Å². The van der Waals surface area contributed by atoms with E-state index in [0.29, 0.717) is 23.1 Å². The second kappa shape index (κ2) is 10.9. The van der Waals surface area contributed by atoms with Crippen molar-refractivity contribution in [3.05, 3.63) is 107 Å². The first-order chi connectivity index (χ1) is 20.7. The van der Waals surface area contributed by atoms with E-state index in [1.807, 2.05) is 41.2 Å². The Balaban J connectivity index is 1.62. The highest BCUT2D eigenvalue weighted by atomic mass is 16.3. The van der Waals surface area contributed by atoms with Crippen LogP contribution in [0.2, 0.25) is 0 Å². The molecule has 0 bridgehead atoms. The molecule has 0 radical (unpaired) electrons. The SMILES string of the molecule is [C-]#[N+]c1cccc(-c2nc(C#N)cn2-c2c(C(C)C)cc(-c3ccnc4c3oc3ccc(C(C)C)cc34)cc2C(C)C)c1. The molecule has 0 saturated carbocycles. The predicted octanol–water partition coefficient (Wildman–Crippen LogP) is 10.3. The number of nitrogens with zero attached hydrogens (tertiary/aromatic N) is 5. The minimum atomic E-state index is 0.171. The van der Waals surface area contributed by atoms with Gasteiger partial charge in [0.15, 0.2) is 17.0 Å². The molecule has 0 amide bonds. The minimum absolute atomic E-state index is 0.171. The molecule has 0 fully saturated rings. The number of fused-ring (bicyclic) bond motifs is 3. The molecular weight excluding hydrogens is 530 g/mol. The van der Waals surface area contributed by atoms with Gasteiger partial charge >= 0.3 is 0 Å². The van der Waals surface area contributed by atoms with Gasteiger partial charge in [-0.05, 0) is 76.4 Å². The van der Waals surface area contributed by atoms with Crippen molar-refractivity contribution in [2.24, 2.45) is 0 Å². The molecule has 0 aliphatic heterocycles. The van der Waals surface area contributed by atoms with E-state index < -0.39 is 0 Å². The number of rotatable bonds is 6. The Hall–Kier alpha value is -5.20. The maximum atomic E-state index is 9.84. The van der Waals surface area contributed by atoms with Gasteiger partial charge < -0.3 is 4.42 Å². The number of imidazole rings is 1. The average Bonchev–Trinajstić information content (AvgIpc) is 3.61. The van der Waals surface area contributed by atoms with Gasteiger partial charge in [-0.2, -0.15) is 5.26 Å². The number of nitriles is 1. The molecule has 0 aliphatic rings. The van der Waals surface area contributed by atoms with Gasteiger partial charge in [0.2, 0.25) is 0 Å². The zero-order chi connectivity index (χ0) is 30.4. The van der Waals surface area contributed by atoms with Crippen LogP contribution in [0, 0.1) is 17.9 Å². The average molecular weight is 564 g/mol. The number of pyridine rings is 1. The van der Waals surface area contributed by atoms with Crippen molar-refractivity contribution in [1.82, 2.24) is 14.5 Å². The van der Waals surface area contributed by atoms with E-state index >= 15 is 0 Å². The zero-order valence-electron chi connectivity index (χ0n) is 25.3. The van der Waals surface area contributed by atoms with Crippen molar-refractivity contribution < 1.29 is 4.42 Å². The van der Waals surface area contributed by atoms with Crippen LogP contribution in [0.25, 0.3) is 55.1 Å². The van der Waals surface area contributed by atoms with Crippen molar-refractivity contribution >= 4 is 27.8 Å². The molecule has 3 heterocycles. The second-order valence-corrected chi connectivity index (χ2v) is 12.0. The summed E-state index contributed by atoms with van der Waals surface area (Å²) in [5.74, 6) is 1.39.